The lowest BCUT2D eigenvalue weighted by Gasteiger charge is -2.11. The van der Waals surface area contributed by atoms with Crippen LogP contribution in [-0.4, -0.2) is 28.1 Å². The van der Waals surface area contributed by atoms with Crippen LogP contribution in [0.1, 0.15) is 37.7 Å². The fraction of sp³-hybridized carbons (Fsp3) is 0.294. The van der Waals surface area contributed by atoms with E-state index in [2.05, 4.69) is 33.1 Å². The minimum Gasteiger partial charge on any atom is -0.366 e. The van der Waals surface area contributed by atoms with Crippen molar-refractivity contribution >= 4 is 29.0 Å². The maximum atomic E-state index is 12.2. The van der Waals surface area contributed by atoms with E-state index in [9.17, 15) is 9.59 Å². The van der Waals surface area contributed by atoms with Gasteiger partial charge in [0.05, 0.1) is 0 Å². The maximum absolute atomic E-state index is 12.2. The molecule has 7 nitrogen and oxygen atoms in total. The van der Waals surface area contributed by atoms with E-state index >= 15 is 0 Å². The molecule has 0 radical (unpaired) electrons. The monoisotopic (exact) mass is 327 g/mol. The van der Waals surface area contributed by atoms with Crippen LogP contribution in [0, 0.1) is 0 Å². The first-order valence-electron chi connectivity index (χ1n) is 7.77. The van der Waals surface area contributed by atoms with Gasteiger partial charge in [0.25, 0.3) is 5.91 Å². The number of rotatable bonds is 6. The smallest absolute Gasteiger partial charge is 0.276 e. The number of hydrogen-bond donors (Lipinski definition) is 3. The molecule has 2 rings (SSSR count). The summed E-state index contributed by atoms with van der Waals surface area (Å²) in [7, 11) is 0. The number of anilines is 3. The van der Waals surface area contributed by atoms with E-state index in [0.29, 0.717) is 17.2 Å². The molecule has 126 valence electrons. The Morgan fingerprint density at radius 1 is 1.08 bits per heavy atom. The average molecular weight is 327 g/mol. The molecule has 2 aromatic rings. The standard InChI is InChI=1S/C17H21N5O2/c1-4-11(2)18-16-9-8-15(21-22-16)17(24)20-14-7-5-6-13(10-14)19-12(3)23/h5-11H,4H2,1-3H3,(H,18,22)(H,19,23)(H,20,24). The van der Waals surface area contributed by atoms with Crippen LogP contribution in [0.2, 0.25) is 0 Å². The second-order valence-electron chi connectivity index (χ2n) is 5.47. The Kier molecular flexibility index (Phi) is 5.83. The number of hydrogen-bond acceptors (Lipinski definition) is 5. The lowest BCUT2D eigenvalue weighted by molar-refractivity contribution is -0.114. The molecule has 3 N–H and O–H groups in total. The molecule has 1 unspecified atom stereocenters. The van der Waals surface area contributed by atoms with Crippen LogP contribution < -0.4 is 16.0 Å². The first kappa shape index (κ1) is 17.4. The summed E-state index contributed by atoms with van der Waals surface area (Å²) in [6.45, 7) is 5.54. The number of nitrogens with zero attached hydrogens (tertiary/aromatic N) is 2. The Morgan fingerprint density at radius 2 is 1.79 bits per heavy atom. The average Bonchev–Trinajstić information content (AvgIpc) is 2.55. The molecular weight excluding hydrogens is 306 g/mol. The molecule has 2 amide bonds. The van der Waals surface area contributed by atoms with Gasteiger partial charge >= 0.3 is 0 Å². The van der Waals surface area contributed by atoms with E-state index in [-0.39, 0.29) is 23.6 Å². The van der Waals surface area contributed by atoms with Gasteiger partial charge < -0.3 is 16.0 Å². The van der Waals surface area contributed by atoms with E-state index in [0.717, 1.165) is 6.42 Å². The van der Waals surface area contributed by atoms with Crippen LogP contribution in [0.3, 0.4) is 0 Å². The second-order valence-corrected chi connectivity index (χ2v) is 5.47. The molecule has 0 fully saturated rings. The van der Waals surface area contributed by atoms with Gasteiger partial charge in [0.15, 0.2) is 5.69 Å². The van der Waals surface area contributed by atoms with Crippen molar-refractivity contribution in [3.8, 4) is 0 Å². The van der Waals surface area contributed by atoms with E-state index in [1.807, 2.05) is 6.92 Å². The summed E-state index contributed by atoms with van der Waals surface area (Å²) in [5.74, 6) is 0.0971. The highest BCUT2D eigenvalue weighted by molar-refractivity contribution is 6.03. The molecule has 1 heterocycles. The van der Waals surface area contributed by atoms with Gasteiger partial charge in [-0.3, -0.25) is 9.59 Å². The van der Waals surface area contributed by atoms with E-state index in [4.69, 9.17) is 0 Å². The molecule has 0 spiro atoms. The Balaban J connectivity index is 2.03. The van der Waals surface area contributed by atoms with Crippen molar-refractivity contribution in [3.63, 3.8) is 0 Å². The van der Waals surface area contributed by atoms with Gasteiger partial charge in [-0.05, 0) is 43.7 Å². The molecule has 0 aliphatic rings. The fourth-order valence-electron chi connectivity index (χ4n) is 1.96. The predicted molar refractivity (Wildman–Crippen MR) is 94.1 cm³/mol. The number of amides is 2. The van der Waals surface area contributed by atoms with Crippen LogP contribution in [0.15, 0.2) is 36.4 Å². The molecule has 0 aliphatic heterocycles. The van der Waals surface area contributed by atoms with Gasteiger partial charge in [-0.25, -0.2) is 0 Å². The van der Waals surface area contributed by atoms with E-state index in [1.165, 1.54) is 6.92 Å². The molecule has 7 heteroatoms. The molecule has 1 atom stereocenters. The molecule has 1 aromatic carbocycles. The summed E-state index contributed by atoms with van der Waals surface area (Å²) in [5.41, 5.74) is 1.39. The van der Waals surface area contributed by atoms with Crippen molar-refractivity contribution in [2.45, 2.75) is 33.2 Å². The quantitative estimate of drug-likeness (QED) is 0.758. The van der Waals surface area contributed by atoms with E-state index in [1.54, 1.807) is 36.4 Å². The number of nitrogens with one attached hydrogen (secondary N) is 3. The van der Waals surface area contributed by atoms with Crippen LogP contribution in [0.5, 0.6) is 0 Å². The van der Waals surface area contributed by atoms with Gasteiger partial charge in [0, 0.05) is 24.3 Å². The Morgan fingerprint density at radius 3 is 2.38 bits per heavy atom. The second kappa shape index (κ2) is 8.05. The minimum absolute atomic E-state index is 0.172. The zero-order valence-corrected chi connectivity index (χ0v) is 14.0. The largest absolute Gasteiger partial charge is 0.366 e. The summed E-state index contributed by atoms with van der Waals surface area (Å²) in [5, 5.41) is 16.5. The Bertz CT molecular complexity index is 715. The third-order valence-corrected chi connectivity index (χ3v) is 3.34. The van der Waals surface area contributed by atoms with E-state index < -0.39 is 0 Å². The first-order chi connectivity index (χ1) is 11.5. The van der Waals surface area contributed by atoms with Crippen molar-refractivity contribution in [2.24, 2.45) is 0 Å². The number of benzene rings is 1. The minimum atomic E-state index is -0.363. The number of aromatic nitrogens is 2. The molecule has 0 aliphatic carbocycles. The number of carbonyl (C=O) groups is 2. The van der Waals surface area contributed by atoms with Crippen LogP contribution >= 0.6 is 0 Å². The maximum Gasteiger partial charge on any atom is 0.276 e. The normalized spacial score (nSPS) is 11.5. The van der Waals surface area contributed by atoms with Crippen molar-refractivity contribution < 1.29 is 9.59 Å². The van der Waals surface area contributed by atoms with Gasteiger partial charge in [0.1, 0.15) is 5.82 Å². The third kappa shape index (κ3) is 5.05. The molecule has 0 bridgehead atoms. The lowest BCUT2D eigenvalue weighted by Crippen LogP contribution is -2.17. The van der Waals surface area contributed by atoms with Crippen molar-refractivity contribution in [2.75, 3.05) is 16.0 Å². The van der Waals surface area contributed by atoms with Crippen molar-refractivity contribution in [1.29, 1.82) is 0 Å². The highest BCUT2D eigenvalue weighted by Crippen LogP contribution is 2.16. The number of carbonyl (C=O) groups excluding carboxylic acids is 2. The van der Waals surface area contributed by atoms with Crippen LogP contribution in [0.25, 0.3) is 0 Å². The van der Waals surface area contributed by atoms with Gasteiger partial charge in [-0.2, -0.15) is 0 Å². The van der Waals surface area contributed by atoms with Gasteiger partial charge in [0.2, 0.25) is 5.91 Å². The molecular formula is C17H21N5O2. The zero-order valence-electron chi connectivity index (χ0n) is 14.0. The molecule has 0 saturated heterocycles. The predicted octanol–water partition coefficient (Wildman–Crippen LogP) is 2.90. The Hall–Kier alpha value is -2.96. The highest BCUT2D eigenvalue weighted by atomic mass is 16.2. The van der Waals surface area contributed by atoms with Gasteiger partial charge in [-0.15, -0.1) is 10.2 Å². The molecule has 0 saturated carbocycles. The summed E-state index contributed by atoms with van der Waals surface area (Å²) in [4.78, 5) is 23.3. The SMILES string of the molecule is CCC(C)Nc1ccc(C(=O)Nc2cccc(NC(C)=O)c2)nn1. The van der Waals surface area contributed by atoms with Crippen molar-refractivity contribution in [1.82, 2.24) is 10.2 Å². The zero-order chi connectivity index (χ0) is 17.5. The van der Waals surface area contributed by atoms with Crippen molar-refractivity contribution in [3.05, 3.63) is 42.1 Å². The summed E-state index contributed by atoms with van der Waals surface area (Å²) < 4.78 is 0. The van der Waals surface area contributed by atoms with Crippen LogP contribution in [-0.2, 0) is 4.79 Å². The Labute approximate surface area is 140 Å². The van der Waals surface area contributed by atoms with Gasteiger partial charge in [-0.1, -0.05) is 13.0 Å². The fourth-order valence-corrected chi connectivity index (χ4v) is 1.96. The third-order valence-electron chi connectivity index (χ3n) is 3.34. The molecule has 24 heavy (non-hydrogen) atoms. The first-order valence-corrected chi connectivity index (χ1v) is 7.77. The highest BCUT2D eigenvalue weighted by Gasteiger charge is 2.10. The summed E-state index contributed by atoms with van der Waals surface area (Å²) in [6.07, 6.45) is 0.967. The molecule has 1 aromatic heterocycles. The summed E-state index contributed by atoms with van der Waals surface area (Å²) in [6, 6.07) is 10.5. The van der Waals surface area contributed by atoms with Crippen LogP contribution in [0.4, 0.5) is 17.2 Å². The lowest BCUT2D eigenvalue weighted by atomic mass is 10.2. The summed E-state index contributed by atoms with van der Waals surface area (Å²) >= 11 is 0. The topological polar surface area (TPSA) is 96.0 Å².